The molecule has 2 rings (SSSR count). The molecule has 2 aromatic carbocycles. The first-order chi connectivity index (χ1) is 9.02. The van der Waals surface area contributed by atoms with E-state index < -0.39 is 0 Å². The number of alkyl halides is 1. The zero-order chi connectivity index (χ0) is 14.0. The van der Waals surface area contributed by atoms with Crippen LogP contribution in [0.4, 0.5) is 0 Å². The fourth-order valence-electron chi connectivity index (χ4n) is 1.79. The van der Waals surface area contributed by atoms with Gasteiger partial charge in [0.25, 0.3) is 0 Å². The molecule has 0 spiro atoms. The van der Waals surface area contributed by atoms with Gasteiger partial charge in [0.1, 0.15) is 5.75 Å². The van der Waals surface area contributed by atoms with Crippen LogP contribution >= 0.6 is 39.1 Å². The van der Waals surface area contributed by atoms with Crippen molar-refractivity contribution in [2.24, 2.45) is 0 Å². The molecule has 0 radical (unpaired) electrons. The van der Waals surface area contributed by atoms with Gasteiger partial charge in [-0.25, -0.2) is 0 Å². The highest BCUT2D eigenvalue weighted by atomic mass is 79.9. The first kappa shape index (κ1) is 14.7. The van der Waals surface area contributed by atoms with Gasteiger partial charge in [0.2, 0.25) is 0 Å². The predicted molar refractivity (Wildman–Crippen MR) is 84.6 cm³/mol. The summed E-state index contributed by atoms with van der Waals surface area (Å²) in [5, 5.41) is 0.478. The summed E-state index contributed by atoms with van der Waals surface area (Å²) in [5.41, 5.74) is 3.01. The highest BCUT2D eigenvalue weighted by molar-refractivity contribution is 9.10. The molecule has 0 saturated heterocycles. The molecule has 0 bridgehead atoms. The third-order valence-corrected chi connectivity index (χ3v) is 4.55. The van der Waals surface area contributed by atoms with Crippen LogP contribution in [0.2, 0.25) is 5.02 Å². The third-order valence-electron chi connectivity index (χ3n) is 2.97. The second-order valence-electron chi connectivity index (χ2n) is 4.26. The number of rotatable bonds is 3. The normalized spacial score (nSPS) is 12.3. The molecule has 0 fully saturated rings. The summed E-state index contributed by atoms with van der Waals surface area (Å²) < 4.78 is 6.10. The molecule has 4 heteroatoms. The van der Waals surface area contributed by atoms with Crippen LogP contribution in [0.25, 0.3) is 0 Å². The van der Waals surface area contributed by atoms with E-state index in [1.807, 2.05) is 43.3 Å². The lowest BCUT2D eigenvalue weighted by molar-refractivity contribution is 0.414. The Bertz CT molecular complexity index is 599. The van der Waals surface area contributed by atoms with Gasteiger partial charge in [-0.15, -0.1) is 11.6 Å². The predicted octanol–water partition coefficient (Wildman–Crippen LogP) is 5.75. The molecule has 100 valence electrons. The van der Waals surface area contributed by atoms with E-state index >= 15 is 0 Å². The van der Waals surface area contributed by atoms with E-state index in [-0.39, 0.29) is 5.38 Å². The van der Waals surface area contributed by atoms with Crippen LogP contribution in [0.3, 0.4) is 0 Å². The van der Waals surface area contributed by atoms with Gasteiger partial charge in [-0.05, 0) is 41.8 Å². The van der Waals surface area contributed by atoms with Crippen molar-refractivity contribution in [2.75, 3.05) is 7.11 Å². The van der Waals surface area contributed by atoms with Gasteiger partial charge in [-0.3, -0.25) is 0 Å². The minimum atomic E-state index is -0.251. The topological polar surface area (TPSA) is 9.23 Å². The summed E-state index contributed by atoms with van der Waals surface area (Å²) in [4.78, 5) is 0. The molecular weight excluding hydrogens is 347 g/mol. The summed E-state index contributed by atoms with van der Waals surface area (Å²) in [7, 11) is 1.64. The van der Waals surface area contributed by atoms with Crippen LogP contribution in [0.5, 0.6) is 5.75 Å². The molecule has 0 heterocycles. The van der Waals surface area contributed by atoms with Crippen LogP contribution in [0, 0.1) is 6.92 Å². The monoisotopic (exact) mass is 358 g/mol. The maximum absolute atomic E-state index is 6.53. The average molecular weight is 360 g/mol. The van der Waals surface area contributed by atoms with Gasteiger partial charge in [-0.1, -0.05) is 45.7 Å². The number of halogens is 3. The van der Waals surface area contributed by atoms with E-state index in [1.54, 1.807) is 7.11 Å². The summed E-state index contributed by atoms with van der Waals surface area (Å²) in [5.74, 6) is 0.793. The van der Waals surface area contributed by atoms with Gasteiger partial charge >= 0.3 is 0 Å². The molecule has 0 saturated carbocycles. The zero-order valence-corrected chi connectivity index (χ0v) is 13.7. The zero-order valence-electron chi connectivity index (χ0n) is 10.6. The molecule has 1 nitrogen and oxygen atoms in total. The number of hydrogen-bond donors (Lipinski definition) is 0. The molecule has 0 aliphatic rings. The quantitative estimate of drug-likeness (QED) is 0.634. The molecule has 0 aliphatic carbocycles. The molecule has 19 heavy (non-hydrogen) atoms. The fourth-order valence-corrected chi connectivity index (χ4v) is 3.02. The van der Waals surface area contributed by atoms with E-state index in [1.165, 1.54) is 0 Å². The van der Waals surface area contributed by atoms with Crippen molar-refractivity contribution in [3.63, 3.8) is 0 Å². The Kier molecular flexibility index (Phi) is 4.77. The highest BCUT2D eigenvalue weighted by Gasteiger charge is 2.15. The van der Waals surface area contributed by atoms with Gasteiger partial charge < -0.3 is 4.74 Å². The van der Waals surface area contributed by atoms with Crippen LogP contribution in [0.1, 0.15) is 22.1 Å². The van der Waals surface area contributed by atoms with Crippen molar-refractivity contribution in [3.05, 3.63) is 62.6 Å². The Morgan fingerprint density at radius 2 is 1.89 bits per heavy atom. The largest absolute Gasteiger partial charge is 0.497 e. The number of benzene rings is 2. The minimum Gasteiger partial charge on any atom is -0.497 e. The first-order valence-electron chi connectivity index (χ1n) is 5.76. The van der Waals surface area contributed by atoms with Gasteiger partial charge in [-0.2, -0.15) is 0 Å². The molecule has 1 unspecified atom stereocenters. The maximum Gasteiger partial charge on any atom is 0.120 e. The Balaban J connectivity index is 2.38. The summed E-state index contributed by atoms with van der Waals surface area (Å²) >= 11 is 16.2. The van der Waals surface area contributed by atoms with Crippen LogP contribution < -0.4 is 4.74 Å². The van der Waals surface area contributed by atoms with Crippen molar-refractivity contribution < 1.29 is 4.74 Å². The molecule has 0 amide bonds. The van der Waals surface area contributed by atoms with E-state index in [0.29, 0.717) is 0 Å². The maximum atomic E-state index is 6.53. The SMILES string of the molecule is COc1ccc(C(Cl)c2ccc(C)c(Cl)c2)c(Br)c1. The average Bonchev–Trinajstić information content (AvgIpc) is 2.41. The minimum absolute atomic E-state index is 0.251. The Morgan fingerprint density at radius 3 is 2.47 bits per heavy atom. The number of hydrogen-bond acceptors (Lipinski definition) is 1. The lowest BCUT2D eigenvalue weighted by Gasteiger charge is -2.14. The molecule has 0 aliphatic heterocycles. The van der Waals surface area contributed by atoms with Crippen LogP contribution in [0.15, 0.2) is 40.9 Å². The number of ether oxygens (including phenoxy) is 1. The molecule has 1 atom stereocenters. The van der Waals surface area contributed by atoms with Crippen molar-refractivity contribution in [1.29, 1.82) is 0 Å². The van der Waals surface area contributed by atoms with Gasteiger partial charge in [0.15, 0.2) is 0 Å². The van der Waals surface area contributed by atoms with E-state index in [2.05, 4.69) is 15.9 Å². The highest BCUT2D eigenvalue weighted by Crippen LogP contribution is 2.36. The fraction of sp³-hybridized carbons (Fsp3) is 0.200. The van der Waals surface area contributed by atoms with Crippen molar-refractivity contribution >= 4 is 39.1 Å². The standard InChI is InChI=1S/C15H13BrCl2O/c1-9-3-4-10(7-14(9)17)15(18)12-6-5-11(19-2)8-13(12)16/h3-8,15H,1-2H3. The van der Waals surface area contributed by atoms with Crippen LogP contribution in [-0.4, -0.2) is 7.11 Å². The second-order valence-corrected chi connectivity index (χ2v) is 5.96. The van der Waals surface area contributed by atoms with Gasteiger partial charge in [0.05, 0.1) is 12.5 Å². The molecule has 0 N–H and O–H groups in total. The van der Waals surface area contributed by atoms with E-state index in [0.717, 1.165) is 31.9 Å². The molecule has 2 aromatic rings. The smallest absolute Gasteiger partial charge is 0.120 e. The first-order valence-corrected chi connectivity index (χ1v) is 7.37. The summed E-state index contributed by atoms with van der Waals surface area (Å²) in [6.45, 7) is 1.97. The van der Waals surface area contributed by atoms with Gasteiger partial charge in [0, 0.05) is 9.50 Å². The lowest BCUT2D eigenvalue weighted by Crippen LogP contribution is -1.96. The third kappa shape index (κ3) is 3.25. The second kappa shape index (κ2) is 6.17. The van der Waals surface area contributed by atoms with Crippen molar-refractivity contribution in [1.82, 2.24) is 0 Å². The Hall–Kier alpha value is -0.700. The van der Waals surface area contributed by atoms with Crippen molar-refractivity contribution in [3.8, 4) is 5.75 Å². The van der Waals surface area contributed by atoms with Crippen molar-refractivity contribution in [2.45, 2.75) is 12.3 Å². The number of aryl methyl sites for hydroxylation is 1. The molecule has 0 aromatic heterocycles. The summed E-state index contributed by atoms with van der Waals surface area (Å²) in [6.07, 6.45) is 0. The van der Waals surface area contributed by atoms with Crippen LogP contribution in [-0.2, 0) is 0 Å². The lowest BCUT2D eigenvalue weighted by atomic mass is 10.0. The number of methoxy groups -OCH3 is 1. The van der Waals surface area contributed by atoms with E-state index in [4.69, 9.17) is 27.9 Å². The Labute approximate surface area is 131 Å². The summed E-state index contributed by atoms with van der Waals surface area (Å²) in [6, 6.07) is 11.6. The molecular formula is C15H13BrCl2O. The Morgan fingerprint density at radius 1 is 1.16 bits per heavy atom. The van der Waals surface area contributed by atoms with E-state index in [9.17, 15) is 0 Å².